The Kier molecular flexibility index (Phi) is 4.94. The second-order valence-electron chi connectivity index (χ2n) is 8.65. The molecule has 5 rings (SSSR count). The number of phenolic OH excluding ortho intramolecular Hbond substituents is 2. The molecule has 4 heteroatoms. The van der Waals surface area contributed by atoms with Crippen LogP contribution in [0.3, 0.4) is 0 Å². The van der Waals surface area contributed by atoms with E-state index in [2.05, 4.69) is 0 Å². The fourth-order valence-electron chi connectivity index (χ4n) is 4.98. The summed E-state index contributed by atoms with van der Waals surface area (Å²) in [6, 6.07) is 28.5. The average Bonchev–Trinajstić information content (AvgIpc) is 3.07. The van der Waals surface area contributed by atoms with Crippen molar-refractivity contribution >= 4 is 11.6 Å². The molecule has 0 radical (unpaired) electrons. The number of fused-ring (bicyclic) bond motifs is 1. The minimum Gasteiger partial charge on any atom is -0.508 e. The Labute approximate surface area is 193 Å². The van der Waals surface area contributed by atoms with Crippen molar-refractivity contribution in [3.8, 4) is 11.5 Å². The first-order valence-corrected chi connectivity index (χ1v) is 11.0. The van der Waals surface area contributed by atoms with Crippen LogP contribution in [0.25, 0.3) is 0 Å². The highest BCUT2D eigenvalue weighted by atomic mass is 16.3. The van der Waals surface area contributed by atoms with E-state index in [1.807, 2.05) is 97.6 Å². The third-order valence-electron chi connectivity index (χ3n) is 6.57. The van der Waals surface area contributed by atoms with E-state index < -0.39 is 5.41 Å². The lowest BCUT2D eigenvalue weighted by molar-refractivity contribution is -0.120. The van der Waals surface area contributed by atoms with Crippen LogP contribution in [-0.2, 0) is 16.8 Å². The molecule has 4 aromatic rings. The van der Waals surface area contributed by atoms with Gasteiger partial charge in [-0.15, -0.1) is 0 Å². The van der Waals surface area contributed by atoms with Crippen molar-refractivity contribution in [2.24, 2.45) is 0 Å². The number of rotatable bonds is 4. The van der Waals surface area contributed by atoms with Gasteiger partial charge in [0.2, 0.25) is 5.91 Å². The van der Waals surface area contributed by atoms with E-state index in [4.69, 9.17) is 0 Å². The van der Waals surface area contributed by atoms with Gasteiger partial charge in [-0.1, -0.05) is 72.8 Å². The van der Waals surface area contributed by atoms with E-state index in [1.165, 1.54) is 0 Å². The van der Waals surface area contributed by atoms with Crippen molar-refractivity contribution in [2.75, 3.05) is 4.90 Å². The van der Waals surface area contributed by atoms with Gasteiger partial charge in [-0.25, -0.2) is 0 Å². The summed E-state index contributed by atoms with van der Waals surface area (Å²) in [7, 11) is 0. The van der Waals surface area contributed by atoms with Crippen LogP contribution in [0.1, 0.15) is 33.4 Å². The van der Waals surface area contributed by atoms with Crippen molar-refractivity contribution in [2.45, 2.75) is 25.8 Å². The second-order valence-corrected chi connectivity index (χ2v) is 8.65. The molecule has 4 nitrogen and oxygen atoms in total. The fourth-order valence-corrected chi connectivity index (χ4v) is 4.98. The van der Waals surface area contributed by atoms with Crippen molar-refractivity contribution in [1.29, 1.82) is 0 Å². The van der Waals surface area contributed by atoms with Gasteiger partial charge in [-0.3, -0.25) is 4.79 Å². The van der Waals surface area contributed by atoms with Gasteiger partial charge in [-0.2, -0.15) is 0 Å². The number of para-hydroxylation sites is 1. The standard InChI is InChI=1S/C29H25NO3/c1-19-16-23(17-20(2)27(19)32)29(22-12-14-24(31)15-13-22)25-10-6-7-11-26(25)30(28(29)33)18-21-8-4-3-5-9-21/h3-17,31-32H,18H2,1-2H3. The molecule has 0 bridgehead atoms. The molecule has 1 atom stereocenters. The van der Waals surface area contributed by atoms with Crippen LogP contribution in [0, 0.1) is 13.8 Å². The monoisotopic (exact) mass is 435 g/mol. The number of aromatic hydroxyl groups is 2. The summed E-state index contributed by atoms with van der Waals surface area (Å²) in [6.07, 6.45) is 0. The van der Waals surface area contributed by atoms with Crippen LogP contribution in [0.5, 0.6) is 11.5 Å². The summed E-state index contributed by atoms with van der Waals surface area (Å²) in [4.78, 5) is 16.3. The minimum absolute atomic E-state index is 0.0530. The first-order valence-electron chi connectivity index (χ1n) is 11.0. The molecule has 1 aliphatic rings. The lowest BCUT2D eigenvalue weighted by atomic mass is 9.69. The van der Waals surface area contributed by atoms with Gasteiger partial charge in [0.15, 0.2) is 0 Å². The van der Waals surface area contributed by atoms with Crippen LogP contribution in [-0.4, -0.2) is 16.1 Å². The highest BCUT2D eigenvalue weighted by molar-refractivity contribution is 6.13. The van der Waals surface area contributed by atoms with Crippen molar-refractivity contribution in [3.05, 3.63) is 124 Å². The number of nitrogens with zero attached hydrogens (tertiary/aromatic N) is 1. The Bertz CT molecular complexity index is 1320. The normalized spacial score (nSPS) is 17.3. The zero-order valence-electron chi connectivity index (χ0n) is 18.6. The number of aryl methyl sites for hydroxylation is 2. The Morgan fingerprint density at radius 3 is 2.03 bits per heavy atom. The first-order chi connectivity index (χ1) is 15.9. The Morgan fingerprint density at radius 2 is 1.36 bits per heavy atom. The van der Waals surface area contributed by atoms with Gasteiger partial charge >= 0.3 is 0 Å². The maximum atomic E-state index is 14.5. The molecule has 0 saturated heterocycles. The van der Waals surface area contributed by atoms with E-state index in [0.29, 0.717) is 6.54 Å². The van der Waals surface area contributed by atoms with E-state index in [9.17, 15) is 15.0 Å². The third-order valence-corrected chi connectivity index (χ3v) is 6.57. The summed E-state index contributed by atoms with van der Waals surface area (Å²) < 4.78 is 0. The Balaban J connectivity index is 1.80. The van der Waals surface area contributed by atoms with Crippen LogP contribution in [0.4, 0.5) is 5.69 Å². The molecular weight excluding hydrogens is 410 g/mol. The number of amides is 1. The molecule has 0 spiro atoms. The fraction of sp³-hybridized carbons (Fsp3) is 0.138. The smallest absolute Gasteiger partial charge is 0.247 e. The van der Waals surface area contributed by atoms with Gasteiger partial charge < -0.3 is 15.1 Å². The van der Waals surface area contributed by atoms with E-state index in [-0.39, 0.29) is 17.4 Å². The van der Waals surface area contributed by atoms with E-state index >= 15 is 0 Å². The SMILES string of the molecule is Cc1cc(C2(c3ccc(O)cc3)C(=O)N(Cc3ccccc3)c3ccccc32)cc(C)c1O. The zero-order chi connectivity index (χ0) is 23.2. The van der Waals surface area contributed by atoms with E-state index in [1.54, 1.807) is 12.1 Å². The molecular formula is C29H25NO3. The molecule has 0 aliphatic carbocycles. The quantitative estimate of drug-likeness (QED) is 0.439. The molecule has 4 aromatic carbocycles. The number of anilines is 1. The van der Waals surface area contributed by atoms with Gasteiger partial charge in [-0.05, 0) is 59.9 Å². The topological polar surface area (TPSA) is 60.8 Å². The largest absolute Gasteiger partial charge is 0.508 e. The highest BCUT2D eigenvalue weighted by Crippen LogP contribution is 2.51. The molecule has 0 saturated carbocycles. The minimum atomic E-state index is -1.09. The predicted molar refractivity (Wildman–Crippen MR) is 130 cm³/mol. The lowest BCUT2D eigenvalue weighted by Crippen LogP contribution is -2.42. The third kappa shape index (κ3) is 3.18. The van der Waals surface area contributed by atoms with Crippen LogP contribution in [0.2, 0.25) is 0 Å². The summed E-state index contributed by atoms with van der Waals surface area (Å²) in [5, 5.41) is 20.4. The number of hydrogen-bond acceptors (Lipinski definition) is 3. The van der Waals surface area contributed by atoms with E-state index in [0.717, 1.165) is 39.1 Å². The molecule has 1 aliphatic heterocycles. The molecule has 0 aromatic heterocycles. The molecule has 1 unspecified atom stereocenters. The summed E-state index contributed by atoms with van der Waals surface area (Å²) in [5.74, 6) is 0.328. The van der Waals surface area contributed by atoms with Gasteiger partial charge in [0.25, 0.3) is 0 Å². The Morgan fingerprint density at radius 1 is 0.758 bits per heavy atom. The number of benzene rings is 4. The molecule has 2 N–H and O–H groups in total. The van der Waals surface area contributed by atoms with Crippen molar-refractivity contribution < 1.29 is 15.0 Å². The first kappa shape index (κ1) is 20.8. The average molecular weight is 436 g/mol. The van der Waals surface area contributed by atoms with Gasteiger partial charge in [0.1, 0.15) is 16.9 Å². The van der Waals surface area contributed by atoms with Gasteiger partial charge in [0, 0.05) is 11.3 Å². The number of carbonyl (C=O) groups excluding carboxylic acids is 1. The molecule has 0 fully saturated rings. The summed E-state index contributed by atoms with van der Waals surface area (Å²) in [6.45, 7) is 4.15. The lowest BCUT2D eigenvalue weighted by Gasteiger charge is -2.31. The molecule has 33 heavy (non-hydrogen) atoms. The zero-order valence-corrected chi connectivity index (χ0v) is 18.6. The predicted octanol–water partition coefficient (Wildman–Crippen LogP) is 5.60. The Hall–Kier alpha value is -4.05. The molecule has 164 valence electrons. The summed E-state index contributed by atoms with van der Waals surface area (Å²) >= 11 is 0. The highest BCUT2D eigenvalue weighted by Gasteiger charge is 2.53. The number of hydrogen-bond donors (Lipinski definition) is 2. The number of carbonyl (C=O) groups is 1. The maximum Gasteiger partial charge on any atom is 0.247 e. The molecule has 1 heterocycles. The van der Waals surface area contributed by atoms with Crippen LogP contribution >= 0.6 is 0 Å². The van der Waals surface area contributed by atoms with Crippen molar-refractivity contribution in [1.82, 2.24) is 0 Å². The maximum absolute atomic E-state index is 14.5. The molecule has 1 amide bonds. The van der Waals surface area contributed by atoms with Crippen LogP contribution in [0.15, 0.2) is 91.0 Å². The van der Waals surface area contributed by atoms with Gasteiger partial charge in [0.05, 0.1) is 6.54 Å². The van der Waals surface area contributed by atoms with Crippen LogP contribution < -0.4 is 4.90 Å². The summed E-state index contributed by atoms with van der Waals surface area (Å²) in [5.41, 5.74) is 4.71. The number of phenols is 2. The second kappa shape index (κ2) is 7.82. The van der Waals surface area contributed by atoms with Crippen molar-refractivity contribution in [3.63, 3.8) is 0 Å².